The summed E-state index contributed by atoms with van der Waals surface area (Å²) in [5.41, 5.74) is 2.53. The Bertz CT molecular complexity index is 1540. The molecule has 0 aliphatic rings. The normalized spacial score (nSPS) is 11.3. The summed E-state index contributed by atoms with van der Waals surface area (Å²) >= 11 is 0. The fraction of sp³-hybridized carbons (Fsp3) is 0.130. The molecular formula is C23H19N4O5+. The van der Waals surface area contributed by atoms with Gasteiger partial charge >= 0.3 is 5.69 Å². The first kappa shape index (κ1) is 19.7. The van der Waals surface area contributed by atoms with E-state index in [2.05, 4.69) is 4.84 Å². The van der Waals surface area contributed by atoms with Gasteiger partial charge in [-0.15, -0.1) is 0 Å². The Hall–Kier alpha value is -4.24. The SMILES string of the molecule is CO[N+](=O)c1ccc(-n2c(=O)c3ccccc3c3nc4ccc(OCCO)cn4c32)cc1. The van der Waals surface area contributed by atoms with E-state index in [-0.39, 0.29) is 18.8 Å². The summed E-state index contributed by atoms with van der Waals surface area (Å²) in [6.45, 7) is 0.0448. The van der Waals surface area contributed by atoms with E-state index in [9.17, 15) is 9.70 Å². The molecule has 0 amide bonds. The van der Waals surface area contributed by atoms with Crippen molar-refractivity contribution in [3.05, 3.63) is 82.1 Å². The highest BCUT2D eigenvalue weighted by Gasteiger charge is 2.19. The molecule has 160 valence electrons. The standard InChI is InChI=1S/C23H19N4O5/c1-31-27(30)16-8-6-15(7-9-16)26-22-21(18-4-2-3-5-19(18)23(26)29)24-20-11-10-17(14-25(20)22)32-13-12-28/h2-11,14,28H,12-13H2,1H3/q+1. The first-order chi connectivity index (χ1) is 15.6. The number of aromatic nitrogens is 3. The molecule has 0 aliphatic heterocycles. The first-order valence-electron chi connectivity index (χ1n) is 9.93. The van der Waals surface area contributed by atoms with Gasteiger partial charge in [0, 0.05) is 22.9 Å². The lowest BCUT2D eigenvalue weighted by Crippen LogP contribution is -2.20. The van der Waals surface area contributed by atoms with E-state index in [1.165, 1.54) is 7.11 Å². The number of hydrogen-bond acceptors (Lipinski definition) is 6. The van der Waals surface area contributed by atoms with Gasteiger partial charge in [-0.3, -0.25) is 13.8 Å². The van der Waals surface area contributed by atoms with Gasteiger partial charge in [0.25, 0.3) is 10.5 Å². The summed E-state index contributed by atoms with van der Waals surface area (Å²) in [6, 6.07) is 17.4. The summed E-state index contributed by atoms with van der Waals surface area (Å²) in [5.74, 6) is 0.537. The first-order valence-corrected chi connectivity index (χ1v) is 9.93. The van der Waals surface area contributed by atoms with Crippen molar-refractivity contribution in [3.63, 3.8) is 0 Å². The van der Waals surface area contributed by atoms with Gasteiger partial charge in [0.05, 0.1) is 23.4 Å². The number of ether oxygens (including phenoxy) is 1. The van der Waals surface area contributed by atoms with Crippen LogP contribution < -0.4 is 10.3 Å². The van der Waals surface area contributed by atoms with Gasteiger partial charge in [-0.25, -0.2) is 9.82 Å². The van der Waals surface area contributed by atoms with Crippen LogP contribution in [0.25, 0.3) is 33.3 Å². The zero-order valence-corrected chi connectivity index (χ0v) is 17.1. The maximum absolute atomic E-state index is 13.6. The van der Waals surface area contributed by atoms with Crippen molar-refractivity contribution in [2.24, 2.45) is 0 Å². The number of hydrogen-bond donors (Lipinski definition) is 1. The second-order valence-corrected chi connectivity index (χ2v) is 7.09. The van der Waals surface area contributed by atoms with E-state index in [1.54, 1.807) is 57.6 Å². The molecule has 0 saturated heterocycles. The highest BCUT2D eigenvalue weighted by atomic mass is 16.8. The third-order valence-corrected chi connectivity index (χ3v) is 5.24. The Morgan fingerprint density at radius 1 is 1.03 bits per heavy atom. The van der Waals surface area contributed by atoms with Crippen LogP contribution in [0.1, 0.15) is 0 Å². The van der Waals surface area contributed by atoms with Crippen LogP contribution in [0.4, 0.5) is 5.69 Å². The second-order valence-electron chi connectivity index (χ2n) is 7.09. The van der Waals surface area contributed by atoms with E-state index in [4.69, 9.17) is 14.8 Å². The highest BCUT2D eigenvalue weighted by molar-refractivity contribution is 6.04. The van der Waals surface area contributed by atoms with Crippen molar-refractivity contribution in [3.8, 4) is 11.4 Å². The van der Waals surface area contributed by atoms with Gasteiger partial charge in [0.15, 0.2) is 12.8 Å². The average molecular weight is 431 g/mol. The van der Waals surface area contributed by atoms with Crippen molar-refractivity contribution < 1.29 is 19.6 Å². The number of aliphatic hydroxyl groups is 1. The van der Waals surface area contributed by atoms with Gasteiger partial charge in [-0.2, -0.15) is 0 Å². The van der Waals surface area contributed by atoms with Gasteiger partial charge in [0.1, 0.15) is 23.5 Å². The summed E-state index contributed by atoms with van der Waals surface area (Å²) in [7, 11) is 1.28. The Balaban J connectivity index is 1.86. The van der Waals surface area contributed by atoms with Crippen LogP contribution in [-0.2, 0) is 4.84 Å². The maximum Gasteiger partial charge on any atom is 0.316 e. The fourth-order valence-corrected chi connectivity index (χ4v) is 3.82. The minimum Gasteiger partial charge on any atom is -0.490 e. The van der Waals surface area contributed by atoms with Crippen molar-refractivity contribution >= 4 is 33.3 Å². The van der Waals surface area contributed by atoms with Gasteiger partial charge in [-0.05, 0) is 30.3 Å². The summed E-state index contributed by atoms with van der Waals surface area (Å²) in [4.78, 5) is 35.2. The molecule has 32 heavy (non-hydrogen) atoms. The summed E-state index contributed by atoms with van der Waals surface area (Å²) in [6.07, 6.45) is 1.74. The minimum absolute atomic E-state index is 0.109. The molecule has 5 aromatic rings. The zero-order valence-electron chi connectivity index (χ0n) is 17.1. The molecule has 0 unspecified atom stereocenters. The zero-order chi connectivity index (χ0) is 22.2. The minimum atomic E-state index is -0.213. The Morgan fingerprint density at radius 3 is 2.50 bits per heavy atom. The Kier molecular flexibility index (Phi) is 4.79. The predicted octanol–water partition coefficient (Wildman–Crippen LogP) is 3.13. The van der Waals surface area contributed by atoms with Crippen LogP contribution in [0.5, 0.6) is 5.75 Å². The highest BCUT2D eigenvalue weighted by Crippen LogP contribution is 2.28. The van der Waals surface area contributed by atoms with E-state index in [0.29, 0.717) is 44.2 Å². The van der Waals surface area contributed by atoms with Crippen LogP contribution in [0.3, 0.4) is 0 Å². The number of aliphatic hydroxyl groups excluding tert-OH is 1. The number of imidazole rings is 1. The lowest BCUT2D eigenvalue weighted by molar-refractivity contribution is -0.736. The number of nitrogens with zero attached hydrogens (tertiary/aromatic N) is 4. The summed E-state index contributed by atoms with van der Waals surface area (Å²) in [5, 5.41) is 10.4. The predicted molar refractivity (Wildman–Crippen MR) is 119 cm³/mol. The number of rotatable bonds is 6. The average Bonchev–Trinajstić information content (AvgIpc) is 3.21. The van der Waals surface area contributed by atoms with Gasteiger partial charge < -0.3 is 9.84 Å². The molecule has 2 aromatic carbocycles. The molecule has 3 aromatic heterocycles. The molecule has 0 aliphatic carbocycles. The van der Waals surface area contributed by atoms with Crippen molar-refractivity contribution in [2.45, 2.75) is 0 Å². The number of pyridine rings is 2. The van der Waals surface area contributed by atoms with Crippen LogP contribution in [-0.4, -0.2) is 44.3 Å². The molecule has 5 rings (SSSR count). The molecule has 9 heteroatoms. The Labute approximate surface area is 181 Å². The Morgan fingerprint density at radius 2 is 1.78 bits per heavy atom. The van der Waals surface area contributed by atoms with E-state index < -0.39 is 0 Å². The lowest BCUT2D eigenvalue weighted by Gasteiger charge is -2.11. The molecule has 0 saturated carbocycles. The third-order valence-electron chi connectivity index (χ3n) is 5.24. The van der Waals surface area contributed by atoms with Crippen LogP contribution in [0, 0.1) is 4.91 Å². The topological polar surface area (TPSA) is 98.1 Å². The monoisotopic (exact) mass is 431 g/mol. The van der Waals surface area contributed by atoms with E-state index in [0.717, 1.165) is 5.39 Å². The quantitative estimate of drug-likeness (QED) is 0.415. The van der Waals surface area contributed by atoms with Crippen LogP contribution in [0.2, 0.25) is 0 Å². The number of benzene rings is 2. The maximum atomic E-state index is 13.6. The largest absolute Gasteiger partial charge is 0.490 e. The smallest absolute Gasteiger partial charge is 0.316 e. The molecule has 9 nitrogen and oxygen atoms in total. The molecule has 0 radical (unpaired) electrons. The molecule has 0 fully saturated rings. The molecule has 3 heterocycles. The van der Waals surface area contributed by atoms with Gasteiger partial charge in [-0.1, -0.05) is 18.2 Å². The molecule has 0 spiro atoms. The molecule has 0 bridgehead atoms. The van der Waals surface area contributed by atoms with Crippen molar-refractivity contribution in [1.82, 2.24) is 14.0 Å². The van der Waals surface area contributed by atoms with Gasteiger partial charge in [0.2, 0.25) is 0 Å². The van der Waals surface area contributed by atoms with Crippen LogP contribution >= 0.6 is 0 Å². The lowest BCUT2D eigenvalue weighted by atomic mass is 10.1. The summed E-state index contributed by atoms with van der Waals surface area (Å²) < 4.78 is 8.92. The molecular weight excluding hydrogens is 412 g/mol. The second kappa shape index (κ2) is 7.78. The fourth-order valence-electron chi connectivity index (χ4n) is 3.82. The van der Waals surface area contributed by atoms with Crippen molar-refractivity contribution in [2.75, 3.05) is 20.3 Å². The molecule has 1 N–H and O–H groups in total. The van der Waals surface area contributed by atoms with Crippen LogP contribution in [0.15, 0.2) is 71.7 Å². The van der Waals surface area contributed by atoms with E-state index in [1.807, 2.05) is 18.2 Å². The number of fused-ring (bicyclic) bond motifs is 5. The van der Waals surface area contributed by atoms with Crippen molar-refractivity contribution in [1.29, 1.82) is 0 Å². The molecule has 0 atom stereocenters. The third kappa shape index (κ3) is 3.07. The van der Waals surface area contributed by atoms with E-state index >= 15 is 0 Å².